The molecule has 108 valence electrons. The normalized spacial score (nSPS) is 16.7. The van der Waals surface area contributed by atoms with Crippen LogP contribution in [-0.2, 0) is 15.6 Å². The van der Waals surface area contributed by atoms with E-state index in [0.717, 1.165) is 0 Å². The molecule has 0 atom stereocenters. The highest BCUT2D eigenvalue weighted by Gasteiger charge is 2.35. The number of hydrogen-bond acceptors (Lipinski definition) is 5. The van der Waals surface area contributed by atoms with E-state index in [4.69, 9.17) is 23.2 Å². The molecule has 2 heterocycles. The third kappa shape index (κ3) is 2.29. The number of sulfone groups is 1. The van der Waals surface area contributed by atoms with Crippen molar-refractivity contribution in [3.8, 4) is 0 Å². The van der Waals surface area contributed by atoms with Crippen molar-refractivity contribution in [2.75, 3.05) is 0 Å². The largest absolute Gasteiger partial charge is 0.504 e. The van der Waals surface area contributed by atoms with Gasteiger partial charge in [0.1, 0.15) is 10.6 Å². The van der Waals surface area contributed by atoms with Crippen LogP contribution in [0.15, 0.2) is 30.6 Å². The molecule has 2 aromatic rings. The lowest BCUT2D eigenvalue weighted by molar-refractivity contribution is 0.507. The fourth-order valence-electron chi connectivity index (χ4n) is 2.17. The molecule has 0 amide bonds. The molecule has 5 nitrogen and oxygen atoms in total. The number of aliphatic hydroxyl groups is 1. The average molecular weight is 343 g/mol. The number of fused-ring (bicyclic) bond motifs is 1. The maximum absolute atomic E-state index is 12.5. The quantitative estimate of drug-likeness (QED) is 0.861. The summed E-state index contributed by atoms with van der Waals surface area (Å²) in [5, 5.41) is 10.6. The van der Waals surface area contributed by atoms with Crippen molar-refractivity contribution in [1.82, 2.24) is 9.97 Å². The molecular weight excluding hydrogens is 335 g/mol. The Kier molecular flexibility index (Phi) is 3.39. The number of nitrogens with zero attached hydrogens (tertiary/aromatic N) is 2. The first-order valence-electron chi connectivity index (χ1n) is 5.82. The standard InChI is InChI=1S/C13H8Cl2N2O3S/c14-7-2-1-3-8(15)10(7)13-12(18)11-9(6-21(13,19)20)16-4-5-17-11/h1-5,18H,6H2. The minimum absolute atomic E-state index is 0.0784. The maximum atomic E-state index is 12.5. The highest BCUT2D eigenvalue weighted by Crippen LogP contribution is 2.41. The smallest absolute Gasteiger partial charge is 0.188 e. The molecular formula is C13H8Cl2N2O3S. The Morgan fingerprint density at radius 2 is 1.71 bits per heavy atom. The third-order valence-electron chi connectivity index (χ3n) is 3.04. The molecule has 3 rings (SSSR count). The van der Waals surface area contributed by atoms with Crippen LogP contribution in [-0.4, -0.2) is 23.5 Å². The Labute approximate surface area is 130 Å². The van der Waals surface area contributed by atoms with E-state index < -0.39 is 15.6 Å². The summed E-state index contributed by atoms with van der Waals surface area (Å²) in [6.07, 6.45) is 2.74. The molecule has 1 aromatic carbocycles. The van der Waals surface area contributed by atoms with Crippen LogP contribution >= 0.6 is 23.2 Å². The Hall–Kier alpha value is -1.63. The molecule has 1 aliphatic heterocycles. The van der Waals surface area contributed by atoms with Crippen molar-refractivity contribution in [2.45, 2.75) is 5.75 Å². The predicted octanol–water partition coefficient (Wildman–Crippen LogP) is 3.10. The summed E-state index contributed by atoms with van der Waals surface area (Å²) in [7, 11) is -3.83. The third-order valence-corrected chi connectivity index (χ3v) is 5.34. The van der Waals surface area contributed by atoms with E-state index in [0.29, 0.717) is 0 Å². The molecule has 0 unspecified atom stereocenters. The molecule has 0 saturated carbocycles. The lowest BCUT2D eigenvalue weighted by Crippen LogP contribution is -2.18. The minimum Gasteiger partial charge on any atom is -0.504 e. The van der Waals surface area contributed by atoms with Gasteiger partial charge in [-0.1, -0.05) is 29.3 Å². The second-order valence-corrected chi connectivity index (χ2v) is 7.13. The highest BCUT2D eigenvalue weighted by molar-refractivity contribution is 8.00. The van der Waals surface area contributed by atoms with Gasteiger partial charge in [0, 0.05) is 18.0 Å². The predicted molar refractivity (Wildman–Crippen MR) is 80.6 cm³/mol. The summed E-state index contributed by atoms with van der Waals surface area (Å²) < 4.78 is 24.9. The molecule has 1 N–H and O–H groups in total. The van der Waals surface area contributed by atoms with Gasteiger partial charge < -0.3 is 5.11 Å². The van der Waals surface area contributed by atoms with Crippen LogP contribution in [0.2, 0.25) is 10.0 Å². The number of hydrogen-bond donors (Lipinski definition) is 1. The van der Waals surface area contributed by atoms with Crippen molar-refractivity contribution in [1.29, 1.82) is 0 Å². The van der Waals surface area contributed by atoms with Gasteiger partial charge in [0.25, 0.3) is 0 Å². The van der Waals surface area contributed by atoms with Gasteiger partial charge in [-0.25, -0.2) is 13.4 Å². The summed E-state index contributed by atoms with van der Waals surface area (Å²) in [5.41, 5.74) is 0.398. The van der Waals surface area contributed by atoms with Gasteiger partial charge in [-0.05, 0) is 12.1 Å². The van der Waals surface area contributed by atoms with E-state index in [1.165, 1.54) is 24.5 Å². The van der Waals surface area contributed by atoms with Gasteiger partial charge in [0.05, 0.1) is 21.5 Å². The summed E-state index contributed by atoms with van der Waals surface area (Å²) in [5.74, 6) is -0.851. The minimum atomic E-state index is -3.83. The molecule has 0 bridgehead atoms. The lowest BCUT2D eigenvalue weighted by Gasteiger charge is -2.19. The molecule has 0 saturated heterocycles. The van der Waals surface area contributed by atoms with Crippen LogP contribution in [0.1, 0.15) is 17.0 Å². The number of halogens is 2. The van der Waals surface area contributed by atoms with E-state index in [9.17, 15) is 13.5 Å². The first kappa shape index (κ1) is 14.3. The van der Waals surface area contributed by atoms with E-state index in [1.54, 1.807) is 6.07 Å². The first-order chi connectivity index (χ1) is 9.92. The van der Waals surface area contributed by atoms with Crippen molar-refractivity contribution in [2.24, 2.45) is 0 Å². The zero-order valence-corrected chi connectivity index (χ0v) is 12.7. The fraction of sp³-hybridized carbons (Fsp3) is 0.0769. The topological polar surface area (TPSA) is 80.2 Å². The zero-order valence-electron chi connectivity index (χ0n) is 10.4. The molecule has 0 fully saturated rings. The van der Waals surface area contributed by atoms with Gasteiger partial charge in [-0.2, -0.15) is 0 Å². The molecule has 1 aromatic heterocycles. The van der Waals surface area contributed by atoms with Crippen molar-refractivity contribution < 1.29 is 13.5 Å². The Morgan fingerprint density at radius 1 is 1.10 bits per heavy atom. The molecule has 0 spiro atoms. The highest BCUT2D eigenvalue weighted by atomic mass is 35.5. The van der Waals surface area contributed by atoms with Gasteiger partial charge in [0.2, 0.25) is 0 Å². The Bertz CT molecular complexity index is 858. The second-order valence-electron chi connectivity index (χ2n) is 4.39. The molecule has 21 heavy (non-hydrogen) atoms. The molecule has 8 heteroatoms. The molecule has 1 aliphatic rings. The fourth-order valence-corrected chi connectivity index (χ4v) is 4.50. The van der Waals surface area contributed by atoms with Crippen LogP contribution in [0.3, 0.4) is 0 Å². The van der Waals surface area contributed by atoms with Gasteiger partial charge >= 0.3 is 0 Å². The Morgan fingerprint density at radius 3 is 2.38 bits per heavy atom. The zero-order chi connectivity index (χ0) is 15.2. The van der Waals surface area contributed by atoms with Crippen LogP contribution in [0.5, 0.6) is 0 Å². The van der Waals surface area contributed by atoms with Crippen molar-refractivity contribution in [3.05, 3.63) is 57.6 Å². The number of benzene rings is 1. The van der Waals surface area contributed by atoms with E-state index in [2.05, 4.69) is 9.97 Å². The maximum Gasteiger partial charge on any atom is 0.188 e. The van der Waals surface area contributed by atoms with E-state index in [1.807, 2.05) is 0 Å². The van der Waals surface area contributed by atoms with Crippen molar-refractivity contribution in [3.63, 3.8) is 0 Å². The van der Waals surface area contributed by atoms with Crippen molar-refractivity contribution >= 4 is 43.7 Å². The monoisotopic (exact) mass is 342 g/mol. The average Bonchev–Trinajstić information content (AvgIpc) is 2.41. The van der Waals surface area contributed by atoms with Crippen LogP contribution in [0, 0.1) is 0 Å². The van der Waals surface area contributed by atoms with Gasteiger partial charge in [-0.3, -0.25) is 4.98 Å². The van der Waals surface area contributed by atoms with Gasteiger partial charge in [-0.15, -0.1) is 0 Å². The van der Waals surface area contributed by atoms with Crippen LogP contribution in [0.4, 0.5) is 0 Å². The van der Waals surface area contributed by atoms with E-state index in [-0.39, 0.29) is 37.7 Å². The summed E-state index contributed by atoms with van der Waals surface area (Å²) in [4.78, 5) is 7.60. The SMILES string of the molecule is O=S1(=O)Cc2nccnc2C(O)=C1c1c(Cl)cccc1Cl. The van der Waals surface area contributed by atoms with Crippen LogP contribution in [0.25, 0.3) is 10.7 Å². The number of aliphatic hydroxyl groups excluding tert-OH is 1. The van der Waals surface area contributed by atoms with Gasteiger partial charge in [0.15, 0.2) is 15.6 Å². The molecule has 0 aliphatic carbocycles. The van der Waals surface area contributed by atoms with Crippen LogP contribution < -0.4 is 0 Å². The molecule has 0 radical (unpaired) electrons. The second kappa shape index (κ2) is 4.98. The number of rotatable bonds is 1. The van der Waals surface area contributed by atoms with E-state index >= 15 is 0 Å². The Balaban J connectivity index is 2.40. The summed E-state index contributed by atoms with van der Waals surface area (Å²) in [6, 6.07) is 4.60. The lowest BCUT2D eigenvalue weighted by atomic mass is 10.1. The first-order valence-corrected chi connectivity index (χ1v) is 8.23. The summed E-state index contributed by atoms with van der Waals surface area (Å²) in [6.45, 7) is 0. The summed E-state index contributed by atoms with van der Waals surface area (Å²) >= 11 is 12.1. The number of aromatic nitrogens is 2.